The van der Waals surface area contributed by atoms with Gasteiger partial charge in [0, 0.05) is 12.6 Å². The normalized spacial score (nSPS) is 10.9. The van der Waals surface area contributed by atoms with E-state index >= 15 is 0 Å². The van der Waals surface area contributed by atoms with Crippen LogP contribution in [0, 0.1) is 6.92 Å². The van der Waals surface area contributed by atoms with Gasteiger partial charge in [-0.05, 0) is 44.9 Å². The number of benzene rings is 1. The van der Waals surface area contributed by atoms with Gasteiger partial charge < -0.3 is 15.8 Å². The van der Waals surface area contributed by atoms with Crippen molar-refractivity contribution in [3.05, 3.63) is 35.5 Å². The number of hydrogen-bond acceptors (Lipinski definition) is 4. The molecule has 0 saturated heterocycles. The molecule has 1 aromatic heterocycles. The number of hydrogen-bond donors (Lipinski definition) is 2. The summed E-state index contributed by atoms with van der Waals surface area (Å²) in [6.07, 6.45) is 0.902. The Balaban J connectivity index is 2.03. The van der Waals surface area contributed by atoms with Crippen molar-refractivity contribution in [2.45, 2.75) is 33.2 Å². The van der Waals surface area contributed by atoms with Crippen LogP contribution in [0.15, 0.2) is 24.3 Å². The van der Waals surface area contributed by atoms with Gasteiger partial charge in [-0.3, -0.25) is 0 Å². The third-order valence-corrected chi connectivity index (χ3v) is 3.46. The molecule has 0 aliphatic heterocycles. The average Bonchev–Trinajstić information content (AvgIpc) is 2.76. The highest BCUT2D eigenvalue weighted by Gasteiger charge is 2.13. The van der Waals surface area contributed by atoms with Crippen LogP contribution in [0.1, 0.15) is 31.1 Å². The van der Waals surface area contributed by atoms with Gasteiger partial charge in [0.05, 0.1) is 18.5 Å². The van der Waals surface area contributed by atoms with E-state index in [1.54, 1.807) is 7.11 Å². The number of rotatable bonds is 6. The molecule has 0 radical (unpaired) electrons. The van der Waals surface area contributed by atoms with Crippen LogP contribution in [-0.4, -0.2) is 23.4 Å². The van der Waals surface area contributed by atoms with Gasteiger partial charge >= 0.3 is 0 Å². The summed E-state index contributed by atoms with van der Waals surface area (Å²) >= 11 is 0. The van der Waals surface area contributed by atoms with E-state index in [4.69, 9.17) is 10.5 Å². The fourth-order valence-corrected chi connectivity index (χ4v) is 2.26. The Morgan fingerprint density at radius 3 is 2.81 bits per heavy atom. The molecule has 0 unspecified atom stereocenters. The molecule has 0 atom stereocenters. The van der Waals surface area contributed by atoms with Crippen molar-refractivity contribution in [2.75, 3.05) is 24.7 Å². The van der Waals surface area contributed by atoms with Gasteiger partial charge in [0.25, 0.3) is 0 Å². The van der Waals surface area contributed by atoms with Crippen LogP contribution >= 0.6 is 0 Å². The number of nitrogens with one attached hydrogen (secondary N) is 1. The van der Waals surface area contributed by atoms with E-state index in [0.29, 0.717) is 0 Å². The lowest BCUT2D eigenvalue weighted by Gasteiger charge is -2.13. The van der Waals surface area contributed by atoms with E-state index in [1.165, 1.54) is 5.56 Å². The molecule has 2 rings (SSSR count). The Kier molecular flexibility index (Phi) is 4.73. The smallest absolute Gasteiger partial charge is 0.148 e. The van der Waals surface area contributed by atoms with Crippen molar-refractivity contribution >= 4 is 11.5 Å². The molecular weight excluding hydrogens is 264 g/mol. The van der Waals surface area contributed by atoms with Crippen molar-refractivity contribution in [2.24, 2.45) is 0 Å². The third kappa shape index (κ3) is 3.48. The summed E-state index contributed by atoms with van der Waals surface area (Å²) in [5.74, 6) is 1.79. The molecule has 5 heteroatoms. The summed E-state index contributed by atoms with van der Waals surface area (Å²) in [5.41, 5.74) is 8.93. The lowest BCUT2D eigenvalue weighted by atomic mass is 10.1. The van der Waals surface area contributed by atoms with Gasteiger partial charge in [-0.2, -0.15) is 5.10 Å². The molecular formula is C16H24N4O. The van der Waals surface area contributed by atoms with Crippen molar-refractivity contribution < 1.29 is 4.74 Å². The molecule has 0 fully saturated rings. The first-order chi connectivity index (χ1) is 10.0. The second-order valence-electron chi connectivity index (χ2n) is 5.41. The van der Waals surface area contributed by atoms with Crippen LogP contribution < -0.4 is 15.8 Å². The molecule has 5 nitrogen and oxygen atoms in total. The van der Waals surface area contributed by atoms with E-state index in [-0.39, 0.29) is 6.04 Å². The molecule has 2 aromatic rings. The molecule has 21 heavy (non-hydrogen) atoms. The van der Waals surface area contributed by atoms with Crippen molar-refractivity contribution in [1.29, 1.82) is 0 Å². The number of aryl methyl sites for hydroxylation is 1. The first kappa shape index (κ1) is 15.2. The van der Waals surface area contributed by atoms with E-state index in [1.807, 2.05) is 23.7 Å². The Morgan fingerprint density at radius 2 is 2.14 bits per heavy atom. The van der Waals surface area contributed by atoms with Crippen LogP contribution in [0.3, 0.4) is 0 Å². The van der Waals surface area contributed by atoms with E-state index < -0.39 is 0 Å². The lowest BCUT2D eigenvalue weighted by molar-refractivity contribution is 0.414. The molecule has 114 valence electrons. The SMILES string of the molecule is COc1cccc(CCNc2c(N)c(C)nn2C(C)C)c1. The minimum atomic E-state index is 0.278. The Hall–Kier alpha value is -2.17. The largest absolute Gasteiger partial charge is 0.497 e. The van der Waals surface area contributed by atoms with Gasteiger partial charge in [-0.1, -0.05) is 12.1 Å². The maximum Gasteiger partial charge on any atom is 0.148 e. The number of ether oxygens (including phenoxy) is 1. The van der Waals surface area contributed by atoms with Crippen LogP contribution in [-0.2, 0) is 6.42 Å². The zero-order valence-electron chi connectivity index (χ0n) is 13.2. The van der Waals surface area contributed by atoms with Crippen molar-refractivity contribution in [1.82, 2.24) is 9.78 Å². The van der Waals surface area contributed by atoms with Crippen LogP contribution in [0.5, 0.6) is 5.75 Å². The fourth-order valence-electron chi connectivity index (χ4n) is 2.26. The molecule has 1 heterocycles. The summed E-state index contributed by atoms with van der Waals surface area (Å²) < 4.78 is 7.18. The first-order valence-electron chi connectivity index (χ1n) is 7.24. The zero-order chi connectivity index (χ0) is 15.4. The minimum Gasteiger partial charge on any atom is -0.497 e. The van der Waals surface area contributed by atoms with Crippen LogP contribution in [0.4, 0.5) is 11.5 Å². The van der Waals surface area contributed by atoms with Gasteiger partial charge in [0.1, 0.15) is 11.6 Å². The van der Waals surface area contributed by atoms with E-state index in [9.17, 15) is 0 Å². The van der Waals surface area contributed by atoms with E-state index in [0.717, 1.165) is 35.9 Å². The summed E-state index contributed by atoms with van der Waals surface area (Å²) in [6, 6.07) is 8.38. The minimum absolute atomic E-state index is 0.278. The molecule has 0 spiro atoms. The highest BCUT2D eigenvalue weighted by atomic mass is 16.5. The highest BCUT2D eigenvalue weighted by molar-refractivity contribution is 5.64. The van der Waals surface area contributed by atoms with Gasteiger partial charge in [-0.15, -0.1) is 0 Å². The predicted molar refractivity (Wildman–Crippen MR) is 86.9 cm³/mol. The van der Waals surface area contributed by atoms with Gasteiger partial charge in [0.15, 0.2) is 0 Å². The predicted octanol–water partition coefficient (Wildman–Crippen LogP) is 3.02. The summed E-state index contributed by atoms with van der Waals surface area (Å²) in [5, 5.41) is 7.88. The molecule has 0 saturated carbocycles. The van der Waals surface area contributed by atoms with Crippen molar-refractivity contribution in [3.63, 3.8) is 0 Å². The number of aromatic nitrogens is 2. The van der Waals surface area contributed by atoms with Crippen LogP contribution in [0.25, 0.3) is 0 Å². The maximum atomic E-state index is 6.10. The first-order valence-corrected chi connectivity index (χ1v) is 7.24. The topological polar surface area (TPSA) is 65.1 Å². The quantitative estimate of drug-likeness (QED) is 0.857. The molecule has 0 aliphatic rings. The number of nitrogens with zero attached hydrogens (tertiary/aromatic N) is 2. The Bertz CT molecular complexity index is 604. The number of anilines is 2. The Morgan fingerprint density at radius 1 is 1.38 bits per heavy atom. The monoisotopic (exact) mass is 288 g/mol. The second-order valence-corrected chi connectivity index (χ2v) is 5.41. The number of nitrogen functional groups attached to an aromatic ring is 1. The highest BCUT2D eigenvalue weighted by Crippen LogP contribution is 2.25. The standard InChI is InChI=1S/C16H24N4O/c1-11(2)20-16(15(17)12(3)19-20)18-9-8-13-6-5-7-14(10-13)21-4/h5-7,10-11,18H,8-9,17H2,1-4H3. The average molecular weight is 288 g/mol. The second kappa shape index (κ2) is 6.52. The number of nitrogens with two attached hydrogens (primary N) is 1. The lowest BCUT2D eigenvalue weighted by Crippen LogP contribution is -2.13. The molecule has 1 aromatic carbocycles. The van der Waals surface area contributed by atoms with Crippen molar-refractivity contribution in [3.8, 4) is 5.75 Å². The molecule has 0 amide bonds. The molecule has 3 N–H and O–H groups in total. The summed E-state index contributed by atoms with van der Waals surface area (Å²) in [4.78, 5) is 0. The maximum absolute atomic E-state index is 6.10. The Labute approximate surface area is 126 Å². The zero-order valence-corrected chi connectivity index (χ0v) is 13.2. The van der Waals surface area contributed by atoms with E-state index in [2.05, 4.69) is 36.4 Å². The summed E-state index contributed by atoms with van der Waals surface area (Å²) in [7, 11) is 1.68. The number of methoxy groups -OCH3 is 1. The molecule has 0 bridgehead atoms. The van der Waals surface area contributed by atoms with Gasteiger partial charge in [0.2, 0.25) is 0 Å². The van der Waals surface area contributed by atoms with Gasteiger partial charge in [-0.25, -0.2) is 4.68 Å². The molecule has 0 aliphatic carbocycles. The summed E-state index contributed by atoms with van der Waals surface area (Å²) in [6.45, 7) is 6.93. The van der Waals surface area contributed by atoms with Crippen LogP contribution in [0.2, 0.25) is 0 Å². The third-order valence-electron chi connectivity index (χ3n) is 3.46. The fraction of sp³-hybridized carbons (Fsp3) is 0.438.